The maximum absolute atomic E-state index is 8.55. The lowest BCUT2D eigenvalue weighted by Crippen LogP contribution is -2.54. The summed E-state index contributed by atoms with van der Waals surface area (Å²) >= 11 is 0. The van der Waals surface area contributed by atoms with Gasteiger partial charge in [0.05, 0.1) is 12.6 Å². The first kappa shape index (κ1) is 9.46. The third-order valence-corrected chi connectivity index (χ3v) is 2.35. The third-order valence-electron chi connectivity index (χ3n) is 2.35. The van der Waals surface area contributed by atoms with E-state index in [4.69, 9.17) is 11.0 Å². The van der Waals surface area contributed by atoms with Crippen LogP contribution in [0.4, 0.5) is 0 Å². The highest BCUT2D eigenvalue weighted by Crippen LogP contribution is 2.05. The van der Waals surface area contributed by atoms with Gasteiger partial charge < -0.3 is 10.6 Å². The summed E-state index contributed by atoms with van der Waals surface area (Å²) in [6.07, 6.45) is 0. The highest BCUT2D eigenvalue weighted by Gasteiger charge is 2.23. The molecule has 1 aliphatic heterocycles. The number of likely N-dealkylation sites (N-methyl/N-ethyl adjacent to an activating group) is 1. The lowest BCUT2D eigenvalue weighted by Gasteiger charge is -2.38. The van der Waals surface area contributed by atoms with E-state index in [0.29, 0.717) is 19.1 Å². The zero-order valence-corrected chi connectivity index (χ0v) is 7.53. The van der Waals surface area contributed by atoms with Crippen LogP contribution in [0.3, 0.4) is 0 Å². The van der Waals surface area contributed by atoms with Crippen LogP contribution in [0.5, 0.6) is 0 Å². The molecule has 1 aliphatic rings. The second-order valence-corrected chi connectivity index (χ2v) is 3.28. The summed E-state index contributed by atoms with van der Waals surface area (Å²) in [5.41, 5.74) is 5.61. The van der Waals surface area contributed by atoms with E-state index in [-0.39, 0.29) is 0 Å². The molecule has 0 aliphatic carbocycles. The summed E-state index contributed by atoms with van der Waals surface area (Å²) in [4.78, 5) is 4.41. The smallest absolute Gasteiger partial charge is 0.0869 e. The second kappa shape index (κ2) is 4.41. The molecule has 0 aromatic rings. The normalized spacial score (nSPS) is 26.9. The van der Waals surface area contributed by atoms with Crippen LogP contribution in [0.2, 0.25) is 0 Å². The Morgan fingerprint density at radius 2 is 2.33 bits per heavy atom. The van der Waals surface area contributed by atoms with Crippen LogP contribution >= 0.6 is 0 Å². The maximum Gasteiger partial charge on any atom is 0.0869 e. The molecular formula is C8H16N4. The molecule has 4 heteroatoms. The molecule has 0 aromatic carbocycles. The Hall–Kier alpha value is -0.630. The molecule has 0 aromatic heterocycles. The van der Waals surface area contributed by atoms with Gasteiger partial charge in [-0.2, -0.15) is 5.26 Å². The van der Waals surface area contributed by atoms with Crippen LogP contribution in [-0.2, 0) is 0 Å². The Balaban J connectivity index is 2.45. The zero-order valence-electron chi connectivity index (χ0n) is 7.53. The second-order valence-electron chi connectivity index (χ2n) is 3.28. The molecule has 0 amide bonds. The molecular weight excluding hydrogens is 152 g/mol. The Labute approximate surface area is 73.5 Å². The summed E-state index contributed by atoms with van der Waals surface area (Å²) in [5, 5.41) is 8.55. The van der Waals surface area contributed by atoms with E-state index in [1.54, 1.807) is 0 Å². The lowest BCUT2D eigenvalue weighted by molar-refractivity contribution is 0.107. The van der Waals surface area contributed by atoms with E-state index in [1.165, 1.54) is 0 Å². The minimum Gasteiger partial charge on any atom is -0.329 e. The number of nitrogens with zero attached hydrogens (tertiary/aromatic N) is 3. The highest BCUT2D eigenvalue weighted by atomic mass is 15.3. The standard InChI is InChI=1S/C8H16N4/c1-11-4-5-12(3-2-9)8(6-10)7-11/h8H,3-7,10H2,1H3. The maximum atomic E-state index is 8.55. The molecule has 1 unspecified atom stereocenters. The molecule has 0 radical (unpaired) electrons. The van der Waals surface area contributed by atoms with Crippen LogP contribution in [0, 0.1) is 11.3 Å². The fraction of sp³-hybridized carbons (Fsp3) is 0.875. The SMILES string of the molecule is CN1CCN(CC#N)C(CN)C1. The molecule has 1 heterocycles. The van der Waals surface area contributed by atoms with E-state index in [1.807, 2.05) is 0 Å². The molecule has 1 saturated heterocycles. The Bertz CT molecular complexity index is 174. The van der Waals surface area contributed by atoms with Crippen molar-refractivity contribution in [3.05, 3.63) is 0 Å². The highest BCUT2D eigenvalue weighted by molar-refractivity contribution is 4.87. The number of hydrogen-bond acceptors (Lipinski definition) is 4. The summed E-state index contributed by atoms with van der Waals surface area (Å²) in [6.45, 7) is 4.14. The van der Waals surface area contributed by atoms with Crippen molar-refractivity contribution < 1.29 is 0 Å². The number of rotatable bonds is 2. The molecule has 0 spiro atoms. The summed E-state index contributed by atoms with van der Waals surface area (Å²) in [5.74, 6) is 0. The molecule has 1 fully saturated rings. The Morgan fingerprint density at radius 3 is 2.92 bits per heavy atom. The summed E-state index contributed by atoms with van der Waals surface area (Å²) in [7, 11) is 2.09. The zero-order chi connectivity index (χ0) is 8.97. The van der Waals surface area contributed by atoms with Gasteiger partial charge in [0, 0.05) is 32.2 Å². The van der Waals surface area contributed by atoms with Crippen molar-refractivity contribution in [3.8, 4) is 6.07 Å². The minimum absolute atomic E-state index is 0.364. The van der Waals surface area contributed by atoms with Gasteiger partial charge in [-0.05, 0) is 7.05 Å². The lowest BCUT2D eigenvalue weighted by atomic mass is 10.2. The number of nitriles is 1. The average Bonchev–Trinajstić information content (AvgIpc) is 2.08. The molecule has 0 saturated carbocycles. The van der Waals surface area contributed by atoms with Gasteiger partial charge in [-0.3, -0.25) is 4.90 Å². The van der Waals surface area contributed by atoms with Gasteiger partial charge in [0.2, 0.25) is 0 Å². The van der Waals surface area contributed by atoms with Crippen molar-refractivity contribution in [1.29, 1.82) is 5.26 Å². The average molecular weight is 168 g/mol. The van der Waals surface area contributed by atoms with Crippen LogP contribution in [-0.4, -0.2) is 55.6 Å². The van der Waals surface area contributed by atoms with E-state index < -0.39 is 0 Å². The van der Waals surface area contributed by atoms with Crippen molar-refractivity contribution in [1.82, 2.24) is 9.80 Å². The van der Waals surface area contributed by atoms with E-state index in [2.05, 4.69) is 22.9 Å². The fourth-order valence-electron chi connectivity index (χ4n) is 1.57. The van der Waals surface area contributed by atoms with Crippen LogP contribution < -0.4 is 5.73 Å². The molecule has 2 N–H and O–H groups in total. The van der Waals surface area contributed by atoms with Crippen LogP contribution in [0.1, 0.15) is 0 Å². The molecule has 4 nitrogen and oxygen atoms in total. The quantitative estimate of drug-likeness (QED) is 0.542. The van der Waals surface area contributed by atoms with Crippen LogP contribution in [0.15, 0.2) is 0 Å². The van der Waals surface area contributed by atoms with Crippen molar-refractivity contribution >= 4 is 0 Å². The third kappa shape index (κ3) is 2.18. The van der Waals surface area contributed by atoms with Gasteiger partial charge in [0.15, 0.2) is 0 Å². The largest absolute Gasteiger partial charge is 0.329 e. The van der Waals surface area contributed by atoms with Gasteiger partial charge in [0.25, 0.3) is 0 Å². The van der Waals surface area contributed by atoms with E-state index in [9.17, 15) is 0 Å². The van der Waals surface area contributed by atoms with Crippen molar-refractivity contribution in [3.63, 3.8) is 0 Å². The molecule has 0 bridgehead atoms. The first-order valence-electron chi connectivity index (χ1n) is 4.27. The molecule has 1 rings (SSSR count). The predicted molar refractivity (Wildman–Crippen MR) is 47.5 cm³/mol. The van der Waals surface area contributed by atoms with Gasteiger partial charge in [-0.15, -0.1) is 0 Å². The van der Waals surface area contributed by atoms with Crippen molar-refractivity contribution in [2.75, 3.05) is 39.8 Å². The predicted octanol–water partition coefficient (Wildman–Crippen LogP) is -0.915. The molecule has 68 valence electrons. The molecule has 12 heavy (non-hydrogen) atoms. The molecule has 1 atom stereocenters. The first-order chi connectivity index (χ1) is 5.77. The topological polar surface area (TPSA) is 56.3 Å². The first-order valence-corrected chi connectivity index (χ1v) is 4.27. The number of piperazine rings is 1. The fourth-order valence-corrected chi connectivity index (χ4v) is 1.57. The monoisotopic (exact) mass is 168 g/mol. The number of nitrogens with two attached hydrogens (primary N) is 1. The van der Waals surface area contributed by atoms with E-state index in [0.717, 1.165) is 19.6 Å². The van der Waals surface area contributed by atoms with Crippen molar-refractivity contribution in [2.45, 2.75) is 6.04 Å². The Kier molecular flexibility index (Phi) is 3.48. The van der Waals surface area contributed by atoms with Crippen molar-refractivity contribution in [2.24, 2.45) is 5.73 Å². The Morgan fingerprint density at radius 1 is 1.58 bits per heavy atom. The van der Waals surface area contributed by atoms with Gasteiger partial charge in [-0.1, -0.05) is 0 Å². The van der Waals surface area contributed by atoms with Gasteiger partial charge in [0.1, 0.15) is 0 Å². The summed E-state index contributed by atoms with van der Waals surface area (Å²) < 4.78 is 0. The minimum atomic E-state index is 0.364. The summed E-state index contributed by atoms with van der Waals surface area (Å²) in [6, 6.07) is 2.53. The van der Waals surface area contributed by atoms with Gasteiger partial charge >= 0.3 is 0 Å². The number of hydrogen-bond donors (Lipinski definition) is 1. The van der Waals surface area contributed by atoms with Gasteiger partial charge in [-0.25, -0.2) is 0 Å². The van der Waals surface area contributed by atoms with E-state index >= 15 is 0 Å². The van der Waals surface area contributed by atoms with Crippen LogP contribution in [0.25, 0.3) is 0 Å².